The molecule has 2 aromatic carbocycles. The number of ether oxygens (including phenoxy) is 3. The maximum atomic E-state index is 12.9. The summed E-state index contributed by atoms with van der Waals surface area (Å²) in [4.78, 5) is 37.2. The van der Waals surface area contributed by atoms with Gasteiger partial charge in [0, 0.05) is 34.3 Å². The molecule has 1 aliphatic rings. The van der Waals surface area contributed by atoms with Crippen molar-refractivity contribution in [2.45, 2.75) is 20.4 Å². The number of hydrogen-bond acceptors (Lipinski definition) is 8. The molecular formula is C26H23N3O7. The first-order valence-electron chi connectivity index (χ1n) is 11.3. The number of carbonyl (C=O) groups excluding carboxylic acids is 2. The van der Waals surface area contributed by atoms with Gasteiger partial charge in [-0.05, 0) is 44.2 Å². The van der Waals surface area contributed by atoms with Crippen LogP contribution in [0, 0.1) is 13.8 Å². The minimum absolute atomic E-state index is 0.0936. The predicted molar refractivity (Wildman–Crippen MR) is 128 cm³/mol. The fraction of sp³-hybridized carbons (Fsp3) is 0.231. The number of carbonyl (C=O) groups is 2. The lowest BCUT2D eigenvalue weighted by molar-refractivity contribution is -0.143. The van der Waals surface area contributed by atoms with Crippen LogP contribution in [0.5, 0.6) is 11.5 Å². The summed E-state index contributed by atoms with van der Waals surface area (Å²) in [6, 6.07) is 16.2. The van der Waals surface area contributed by atoms with Crippen LogP contribution in [0.1, 0.15) is 21.7 Å². The van der Waals surface area contributed by atoms with E-state index in [1.807, 2.05) is 42.7 Å². The molecule has 36 heavy (non-hydrogen) atoms. The van der Waals surface area contributed by atoms with Crippen molar-refractivity contribution in [3.63, 3.8) is 0 Å². The van der Waals surface area contributed by atoms with Crippen LogP contribution >= 0.6 is 0 Å². The summed E-state index contributed by atoms with van der Waals surface area (Å²) >= 11 is 0. The van der Waals surface area contributed by atoms with Gasteiger partial charge in [-0.3, -0.25) is 9.59 Å². The summed E-state index contributed by atoms with van der Waals surface area (Å²) in [5.41, 5.74) is 3.39. The minimum atomic E-state index is -0.792. The van der Waals surface area contributed by atoms with Crippen molar-refractivity contribution < 1.29 is 28.2 Å². The van der Waals surface area contributed by atoms with Gasteiger partial charge in [0.25, 0.3) is 0 Å². The largest absolute Gasteiger partial charge is 0.486 e. The Morgan fingerprint density at radius 2 is 1.75 bits per heavy atom. The van der Waals surface area contributed by atoms with Gasteiger partial charge in [0.05, 0.1) is 0 Å². The monoisotopic (exact) mass is 489 g/mol. The normalized spacial score (nSPS) is 12.4. The summed E-state index contributed by atoms with van der Waals surface area (Å²) in [6.45, 7) is 3.74. The Morgan fingerprint density at radius 3 is 2.53 bits per heavy atom. The molecule has 0 amide bonds. The van der Waals surface area contributed by atoms with E-state index in [2.05, 4.69) is 5.10 Å². The van der Waals surface area contributed by atoms with Gasteiger partial charge in [-0.2, -0.15) is 4.68 Å². The van der Waals surface area contributed by atoms with Gasteiger partial charge in [0.1, 0.15) is 19.8 Å². The molecule has 5 rings (SSSR count). The second-order valence-corrected chi connectivity index (χ2v) is 8.23. The van der Waals surface area contributed by atoms with E-state index in [1.54, 1.807) is 30.3 Å². The molecule has 0 bridgehead atoms. The number of benzene rings is 2. The number of Topliss-reactive ketones (excluding diaryl/α,β-unsaturated/α-hetero) is 1. The van der Waals surface area contributed by atoms with Crippen molar-refractivity contribution in [1.29, 1.82) is 0 Å². The highest BCUT2D eigenvalue weighted by atomic mass is 16.6. The van der Waals surface area contributed by atoms with Crippen LogP contribution in [-0.4, -0.2) is 45.9 Å². The van der Waals surface area contributed by atoms with Gasteiger partial charge in [-0.25, -0.2) is 4.79 Å². The number of esters is 1. The van der Waals surface area contributed by atoms with Crippen molar-refractivity contribution in [2.24, 2.45) is 0 Å². The van der Waals surface area contributed by atoms with Gasteiger partial charge < -0.3 is 23.2 Å². The van der Waals surface area contributed by atoms with Crippen LogP contribution in [0.15, 0.2) is 63.8 Å². The number of rotatable bonds is 7. The van der Waals surface area contributed by atoms with E-state index in [-0.39, 0.29) is 11.7 Å². The van der Waals surface area contributed by atoms with Gasteiger partial charge in [-0.15, -0.1) is 5.10 Å². The third-order valence-corrected chi connectivity index (χ3v) is 5.79. The highest BCUT2D eigenvalue weighted by molar-refractivity contribution is 5.99. The SMILES string of the molecule is Cc1cc(C(=O)COC(=O)Cn2nc(-c3ccccc3)oc2=O)c(C)n1-c1ccc2c(c1)OCCO2. The molecule has 10 nitrogen and oxygen atoms in total. The van der Waals surface area contributed by atoms with E-state index in [0.29, 0.717) is 41.5 Å². The second kappa shape index (κ2) is 9.57. The Balaban J connectivity index is 1.26. The first-order chi connectivity index (χ1) is 17.4. The number of nitrogens with zero attached hydrogens (tertiary/aromatic N) is 3. The quantitative estimate of drug-likeness (QED) is 0.287. The first kappa shape index (κ1) is 23.2. The Bertz CT molecular complexity index is 1500. The molecular weight excluding hydrogens is 466 g/mol. The van der Waals surface area contributed by atoms with Crippen molar-refractivity contribution >= 4 is 11.8 Å². The number of hydrogen-bond donors (Lipinski definition) is 0. The zero-order valence-corrected chi connectivity index (χ0v) is 19.7. The van der Waals surface area contributed by atoms with Crippen LogP contribution in [0.4, 0.5) is 0 Å². The Kier molecular flexibility index (Phi) is 6.16. The standard InChI is InChI=1S/C26H23N3O7/c1-16-12-20(17(2)29(16)19-8-9-22-23(13-19)34-11-10-33-22)21(30)15-35-24(31)14-28-26(32)36-25(27-28)18-6-4-3-5-7-18/h3-9,12-13H,10-11,14-15H2,1-2H3. The second-order valence-electron chi connectivity index (χ2n) is 8.23. The van der Waals surface area contributed by atoms with Crippen LogP contribution < -0.4 is 15.2 Å². The molecule has 0 saturated carbocycles. The van der Waals surface area contributed by atoms with E-state index in [1.165, 1.54) is 0 Å². The third-order valence-electron chi connectivity index (χ3n) is 5.79. The number of aromatic nitrogens is 3. The molecule has 1 aliphatic heterocycles. The predicted octanol–water partition coefficient (Wildman–Crippen LogP) is 3.11. The van der Waals surface area contributed by atoms with Gasteiger partial charge in [0.15, 0.2) is 18.1 Å². The molecule has 184 valence electrons. The van der Waals surface area contributed by atoms with Crippen LogP contribution in [-0.2, 0) is 16.1 Å². The average molecular weight is 489 g/mol. The zero-order chi connectivity index (χ0) is 25.2. The number of ketones is 1. The molecule has 0 unspecified atom stereocenters. The first-order valence-corrected chi connectivity index (χ1v) is 11.3. The fourth-order valence-electron chi connectivity index (χ4n) is 4.11. The van der Waals surface area contributed by atoms with Crippen molar-refractivity contribution in [3.8, 4) is 28.6 Å². The fourth-order valence-corrected chi connectivity index (χ4v) is 4.11. The molecule has 0 spiro atoms. The Hall–Kier alpha value is -4.60. The van der Waals surface area contributed by atoms with Crippen molar-refractivity contribution in [1.82, 2.24) is 14.3 Å². The van der Waals surface area contributed by atoms with E-state index in [0.717, 1.165) is 16.1 Å². The lowest BCUT2D eigenvalue weighted by atomic mass is 10.1. The summed E-state index contributed by atoms with van der Waals surface area (Å²) < 4.78 is 24.3. The number of aryl methyl sites for hydroxylation is 1. The minimum Gasteiger partial charge on any atom is -0.486 e. The summed E-state index contributed by atoms with van der Waals surface area (Å²) in [7, 11) is 0. The highest BCUT2D eigenvalue weighted by Crippen LogP contribution is 2.33. The molecule has 3 heterocycles. The van der Waals surface area contributed by atoms with E-state index >= 15 is 0 Å². The lowest BCUT2D eigenvalue weighted by Crippen LogP contribution is -2.24. The van der Waals surface area contributed by atoms with Crippen molar-refractivity contribution in [3.05, 3.63) is 82.1 Å². The highest BCUT2D eigenvalue weighted by Gasteiger charge is 2.21. The molecule has 0 atom stereocenters. The maximum Gasteiger partial charge on any atom is 0.437 e. The van der Waals surface area contributed by atoms with Crippen LogP contribution in [0.3, 0.4) is 0 Å². The molecule has 0 N–H and O–H groups in total. The van der Waals surface area contributed by atoms with E-state index in [9.17, 15) is 14.4 Å². The van der Waals surface area contributed by atoms with E-state index in [4.69, 9.17) is 18.6 Å². The lowest BCUT2D eigenvalue weighted by Gasteiger charge is -2.20. The molecule has 4 aromatic rings. The van der Waals surface area contributed by atoms with E-state index < -0.39 is 24.9 Å². The summed E-state index contributed by atoms with van der Waals surface area (Å²) in [5, 5.41) is 4.03. The molecule has 10 heteroatoms. The maximum absolute atomic E-state index is 12.9. The van der Waals surface area contributed by atoms with Crippen LogP contribution in [0.2, 0.25) is 0 Å². The average Bonchev–Trinajstić information content (AvgIpc) is 3.40. The Morgan fingerprint density at radius 1 is 1.00 bits per heavy atom. The molecule has 0 radical (unpaired) electrons. The zero-order valence-electron chi connectivity index (χ0n) is 19.7. The van der Waals surface area contributed by atoms with Crippen molar-refractivity contribution in [2.75, 3.05) is 19.8 Å². The summed E-state index contributed by atoms with van der Waals surface area (Å²) in [6.07, 6.45) is 0. The smallest absolute Gasteiger partial charge is 0.437 e. The van der Waals surface area contributed by atoms with Gasteiger partial charge in [0.2, 0.25) is 11.7 Å². The molecule has 2 aromatic heterocycles. The van der Waals surface area contributed by atoms with Gasteiger partial charge >= 0.3 is 11.7 Å². The summed E-state index contributed by atoms with van der Waals surface area (Å²) in [5.74, 6) is -0.516. The third kappa shape index (κ3) is 4.52. The Labute approximate surface area is 205 Å². The topological polar surface area (TPSA) is 115 Å². The molecule has 0 saturated heterocycles. The molecule has 0 aliphatic carbocycles. The van der Waals surface area contributed by atoms with Gasteiger partial charge in [-0.1, -0.05) is 18.2 Å². The number of fused-ring (bicyclic) bond motifs is 1. The van der Waals surface area contributed by atoms with Crippen LogP contribution in [0.25, 0.3) is 17.1 Å². The molecule has 0 fully saturated rings.